The molecule has 0 spiro atoms. The number of benzene rings is 6. The summed E-state index contributed by atoms with van der Waals surface area (Å²) in [5, 5.41) is 18.0. The fourth-order valence-corrected chi connectivity index (χ4v) is 9.36. The molecule has 71 heavy (non-hydrogen) atoms. The van der Waals surface area contributed by atoms with Crippen LogP contribution in [0.3, 0.4) is 0 Å². The van der Waals surface area contributed by atoms with Crippen molar-refractivity contribution in [1.82, 2.24) is 31.1 Å². The molecule has 374 valence electrons. The smallest absolute Gasteiger partial charge is 0.251 e. The third-order valence-electron chi connectivity index (χ3n) is 13.1. The van der Waals surface area contributed by atoms with E-state index in [0.29, 0.717) is 99.3 Å². The quantitative estimate of drug-likeness (QED) is 0.0534. The summed E-state index contributed by atoms with van der Waals surface area (Å²) in [6, 6.07) is 39.9. The van der Waals surface area contributed by atoms with Crippen molar-refractivity contribution in [2.75, 3.05) is 53.5 Å². The normalized spacial score (nSPS) is 18.3. The highest BCUT2D eigenvalue weighted by Gasteiger charge is 2.32. The van der Waals surface area contributed by atoms with Gasteiger partial charge in [-0.1, -0.05) is 90.5 Å². The molecule has 6 aromatic carbocycles. The lowest BCUT2D eigenvalue weighted by molar-refractivity contribution is -0.134. The van der Waals surface area contributed by atoms with E-state index in [2.05, 4.69) is 21.3 Å². The lowest BCUT2D eigenvalue weighted by atomic mass is 10.1. The van der Waals surface area contributed by atoms with E-state index in [4.69, 9.17) is 32.5 Å². The van der Waals surface area contributed by atoms with Gasteiger partial charge in [-0.2, -0.15) is 0 Å². The van der Waals surface area contributed by atoms with Gasteiger partial charge in [0.1, 0.15) is 11.5 Å². The summed E-state index contributed by atoms with van der Waals surface area (Å²) < 4.78 is 10.8. The molecule has 4 amide bonds. The highest BCUT2D eigenvalue weighted by molar-refractivity contribution is 6.31. The van der Waals surface area contributed by atoms with E-state index < -0.39 is 0 Å². The number of hydrogen-bond acceptors (Lipinski definition) is 10. The molecule has 4 atom stereocenters. The number of fused-ring (bicyclic) bond motifs is 2. The number of nitrogens with one attached hydrogen (secondary N) is 4. The predicted molar refractivity (Wildman–Crippen MR) is 282 cm³/mol. The Hall–Kier alpha value is -6.55. The fraction of sp³-hybridized carbons (Fsp3) is 0.357. The van der Waals surface area contributed by atoms with Crippen LogP contribution >= 0.6 is 11.6 Å². The Kier molecular flexibility index (Phi) is 19.2. The molecular weight excluding hydrogens is 916 g/mol. The van der Waals surface area contributed by atoms with Crippen LogP contribution < -0.4 is 42.2 Å². The topological polar surface area (TPSA) is 193 Å². The Morgan fingerprint density at radius 3 is 1.52 bits per heavy atom. The molecule has 2 heterocycles. The SMILES string of the molecule is COc1cc(CN2CC[C@@H](CNC(=O)c3ccc4ccccc4c3)N[C@@H](CCCN)C2=O)cc(OC)c1.NCCC[C@@H]1N[C@H](CNC(=O)c2ccc3ccccc3c2)CCN(Cc2ccccc2Cl)C1=O. The Balaban J connectivity index is 0.000000209. The third kappa shape index (κ3) is 14.5. The van der Waals surface area contributed by atoms with E-state index in [1.807, 2.05) is 137 Å². The standard InChI is InChI=1S/C29H36N4O4.C27H31ClN4O2/c1-36-25-14-20(15-26(17-25)37-2)19-33-13-11-24(32-27(29(33)35)8-5-12-30)18-31-28(34)23-10-9-21-6-3-4-7-22(21)16-23;28-24-9-4-3-8-22(24)18-32-15-13-23(31-25(27(32)34)10-5-14-29)17-30-26(33)21-12-11-19-6-1-2-7-20(19)16-21/h3-4,6-7,9-10,14-17,24,27,32H,5,8,11-13,18-19,30H2,1-2H3,(H,31,34);1-4,6-9,11-12,16,23,25,31H,5,10,13-15,17-18,29H2,(H,30,33)/t24-,27-;23-,25-/m00/s1. The summed E-state index contributed by atoms with van der Waals surface area (Å²) in [4.78, 5) is 56.2. The van der Waals surface area contributed by atoms with Crippen molar-refractivity contribution in [1.29, 1.82) is 0 Å². The van der Waals surface area contributed by atoms with Crippen molar-refractivity contribution < 1.29 is 28.7 Å². The number of rotatable bonds is 18. The van der Waals surface area contributed by atoms with E-state index in [1.54, 1.807) is 14.2 Å². The summed E-state index contributed by atoms with van der Waals surface area (Å²) in [6.45, 7) is 3.99. The van der Waals surface area contributed by atoms with Crippen molar-refractivity contribution in [3.63, 3.8) is 0 Å². The van der Waals surface area contributed by atoms with Gasteiger partial charge in [0.2, 0.25) is 11.8 Å². The minimum absolute atomic E-state index is 0.0209. The van der Waals surface area contributed by atoms with Gasteiger partial charge in [-0.25, -0.2) is 0 Å². The van der Waals surface area contributed by atoms with Crippen LogP contribution in [0.5, 0.6) is 11.5 Å². The lowest BCUT2D eigenvalue weighted by Crippen LogP contribution is -2.48. The maximum atomic E-state index is 13.5. The van der Waals surface area contributed by atoms with Crippen molar-refractivity contribution in [2.24, 2.45) is 11.5 Å². The van der Waals surface area contributed by atoms with E-state index in [-0.39, 0.29) is 47.8 Å². The van der Waals surface area contributed by atoms with Gasteiger partial charge in [0.25, 0.3) is 11.8 Å². The van der Waals surface area contributed by atoms with Crippen LogP contribution in [0.15, 0.2) is 127 Å². The second-order valence-electron chi connectivity index (χ2n) is 18.1. The van der Waals surface area contributed by atoms with Gasteiger partial charge in [0, 0.05) is 73.6 Å². The van der Waals surface area contributed by atoms with E-state index >= 15 is 0 Å². The molecule has 2 aliphatic heterocycles. The van der Waals surface area contributed by atoms with E-state index in [9.17, 15) is 19.2 Å². The van der Waals surface area contributed by atoms with Gasteiger partial charge < -0.3 is 52.0 Å². The van der Waals surface area contributed by atoms with Crippen LogP contribution in [0.1, 0.15) is 70.4 Å². The second-order valence-corrected chi connectivity index (χ2v) is 18.6. The molecule has 8 N–H and O–H groups in total. The highest BCUT2D eigenvalue weighted by atomic mass is 35.5. The van der Waals surface area contributed by atoms with Crippen LogP contribution in [-0.2, 0) is 22.7 Å². The summed E-state index contributed by atoms with van der Waals surface area (Å²) in [5.41, 5.74) is 14.6. The number of hydrogen-bond donors (Lipinski definition) is 6. The maximum Gasteiger partial charge on any atom is 0.251 e. The second kappa shape index (κ2) is 26.1. The molecule has 2 aliphatic rings. The molecule has 0 radical (unpaired) electrons. The molecule has 2 fully saturated rings. The third-order valence-corrected chi connectivity index (χ3v) is 13.5. The number of nitrogens with zero attached hydrogens (tertiary/aromatic N) is 2. The Bertz CT molecular complexity index is 2730. The van der Waals surface area contributed by atoms with Crippen LogP contribution in [0.4, 0.5) is 0 Å². The number of methoxy groups -OCH3 is 2. The lowest BCUT2D eigenvalue weighted by Gasteiger charge is -2.25. The molecule has 0 bridgehead atoms. The van der Waals surface area contributed by atoms with E-state index in [0.717, 1.165) is 51.9 Å². The van der Waals surface area contributed by atoms with Crippen molar-refractivity contribution >= 4 is 56.8 Å². The number of ether oxygens (including phenoxy) is 2. The first kappa shape index (κ1) is 52.3. The first-order chi connectivity index (χ1) is 34.5. The average Bonchev–Trinajstić information content (AvgIpc) is 3.64. The Morgan fingerprint density at radius 2 is 1.06 bits per heavy atom. The summed E-state index contributed by atoms with van der Waals surface area (Å²) in [7, 11) is 3.22. The van der Waals surface area contributed by atoms with Crippen LogP contribution in [-0.4, -0.2) is 111 Å². The number of carbonyl (C=O) groups excluding carboxylic acids is 4. The van der Waals surface area contributed by atoms with Crippen molar-refractivity contribution in [3.05, 3.63) is 155 Å². The van der Waals surface area contributed by atoms with Crippen molar-refractivity contribution in [3.8, 4) is 11.5 Å². The maximum absolute atomic E-state index is 13.5. The Labute approximate surface area is 421 Å². The van der Waals surface area contributed by atoms with Gasteiger partial charge in [-0.15, -0.1) is 0 Å². The van der Waals surface area contributed by atoms with Crippen LogP contribution in [0.25, 0.3) is 21.5 Å². The fourth-order valence-electron chi connectivity index (χ4n) is 9.16. The van der Waals surface area contributed by atoms with Gasteiger partial charge >= 0.3 is 0 Å². The first-order valence-electron chi connectivity index (χ1n) is 24.5. The zero-order valence-corrected chi connectivity index (χ0v) is 41.5. The zero-order chi connectivity index (χ0) is 50.1. The molecule has 0 unspecified atom stereocenters. The molecule has 0 aromatic heterocycles. The number of carbonyl (C=O) groups is 4. The molecule has 15 heteroatoms. The zero-order valence-electron chi connectivity index (χ0n) is 40.7. The molecule has 0 saturated carbocycles. The van der Waals surface area contributed by atoms with Crippen LogP contribution in [0.2, 0.25) is 5.02 Å². The average molecular weight is 984 g/mol. The Morgan fingerprint density at radius 1 is 0.606 bits per heavy atom. The molecule has 8 rings (SSSR count). The monoisotopic (exact) mass is 982 g/mol. The first-order valence-corrected chi connectivity index (χ1v) is 24.9. The largest absolute Gasteiger partial charge is 0.497 e. The van der Waals surface area contributed by atoms with Gasteiger partial charge in [0.15, 0.2) is 0 Å². The number of nitrogens with two attached hydrogens (primary N) is 2. The highest BCUT2D eigenvalue weighted by Crippen LogP contribution is 2.26. The van der Waals surface area contributed by atoms with Gasteiger partial charge in [-0.05, 0) is 127 Å². The summed E-state index contributed by atoms with van der Waals surface area (Å²) >= 11 is 6.34. The molecular formula is C56H67ClN8O6. The van der Waals surface area contributed by atoms with Crippen LogP contribution in [0, 0.1) is 0 Å². The minimum Gasteiger partial charge on any atom is -0.497 e. The molecule has 14 nitrogen and oxygen atoms in total. The van der Waals surface area contributed by atoms with Gasteiger partial charge in [0.05, 0.1) is 26.3 Å². The van der Waals surface area contributed by atoms with Crippen molar-refractivity contribution in [2.45, 2.75) is 75.8 Å². The van der Waals surface area contributed by atoms with Gasteiger partial charge in [-0.3, -0.25) is 19.2 Å². The molecule has 0 aliphatic carbocycles. The molecule has 2 saturated heterocycles. The summed E-state index contributed by atoms with van der Waals surface area (Å²) in [6.07, 6.45) is 4.23. The number of amides is 4. The number of halogens is 1. The predicted octanol–water partition coefficient (Wildman–Crippen LogP) is 6.81. The van der Waals surface area contributed by atoms with E-state index in [1.165, 1.54) is 0 Å². The minimum atomic E-state index is -0.360. The summed E-state index contributed by atoms with van der Waals surface area (Å²) in [5.74, 6) is 1.22. The molecule has 6 aromatic rings.